The van der Waals surface area contributed by atoms with E-state index in [-0.39, 0.29) is 12.1 Å². The molecule has 0 aliphatic heterocycles. The van der Waals surface area contributed by atoms with Crippen LogP contribution in [0.4, 0.5) is 4.79 Å². The minimum absolute atomic E-state index is 0.166. The zero-order valence-corrected chi connectivity index (χ0v) is 18.8. The number of alkyl carbamates (subject to hydrolysis) is 1. The molecular formula is C21H29BrN4O2. The van der Waals surface area contributed by atoms with Gasteiger partial charge in [0.05, 0.1) is 23.3 Å². The summed E-state index contributed by atoms with van der Waals surface area (Å²) in [6.45, 7) is 9.64. The van der Waals surface area contributed by atoms with Crippen LogP contribution < -0.4 is 5.32 Å². The Hall–Kier alpha value is -1.89. The van der Waals surface area contributed by atoms with Crippen LogP contribution in [0.25, 0.3) is 10.1 Å². The molecule has 0 radical (unpaired) electrons. The number of hydrogen-bond acceptors (Lipinski definition) is 4. The largest absolute Gasteiger partial charge is 0.444 e. The summed E-state index contributed by atoms with van der Waals surface area (Å²) in [6, 6.07) is 0.166. The molecule has 0 saturated heterocycles. The predicted octanol–water partition coefficient (Wildman–Crippen LogP) is 5.34. The van der Waals surface area contributed by atoms with Crippen molar-refractivity contribution in [1.29, 1.82) is 0 Å². The summed E-state index contributed by atoms with van der Waals surface area (Å²) in [5, 5.41) is 3.00. The average molecular weight is 449 g/mol. The highest BCUT2D eigenvalue weighted by atomic mass is 79.9. The van der Waals surface area contributed by atoms with Gasteiger partial charge in [0, 0.05) is 22.6 Å². The quantitative estimate of drug-likeness (QED) is 0.687. The number of fused-ring (bicyclic) bond motifs is 1. The maximum atomic E-state index is 12.0. The van der Waals surface area contributed by atoms with Gasteiger partial charge in [-0.25, -0.2) is 9.78 Å². The predicted molar refractivity (Wildman–Crippen MR) is 115 cm³/mol. The van der Waals surface area contributed by atoms with Crippen molar-refractivity contribution in [3.8, 4) is 0 Å². The number of carbonyl (C=O) groups is 1. The van der Waals surface area contributed by atoms with Crippen molar-refractivity contribution in [3.05, 3.63) is 35.6 Å². The highest BCUT2D eigenvalue weighted by molar-refractivity contribution is 9.15. The third-order valence-electron chi connectivity index (χ3n) is 5.06. The molecule has 1 saturated carbocycles. The number of ether oxygens (including phenoxy) is 1. The number of nitrogens with zero attached hydrogens (tertiary/aromatic N) is 3. The number of aromatic nitrogens is 3. The van der Waals surface area contributed by atoms with Crippen molar-refractivity contribution in [2.45, 2.75) is 77.9 Å². The van der Waals surface area contributed by atoms with Crippen molar-refractivity contribution in [3.63, 3.8) is 0 Å². The van der Waals surface area contributed by atoms with Gasteiger partial charge in [-0.05, 0) is 76.2 Å². The fraction of sp³-hybridized carbons (Fsp3) is 0.571. The van der Waals surface area contributed by atoms with Crippen LogP contribution in [0.1, 0.15) is 76.4 Å². The summed E-state index contributed by atoms with van der Waals surface area (Å²) < 4.78 is 8.50. The van der Waals surface area contributed by atoms with Gasteiger partial charge in [-0.2, -0.15) is 0 Å². The van der Waals surface area contributed by atoms with Gasteiger partial charge in [0.15, 0.2) is 5.65 Å². The minimum Gasteiger partial charge on any atom is -0.444 e. The normalized spacial score (nSPS) is 21.0. The lowest BCUT2D eigenvalue weighted by molar-refractivity contribution is 0.0491. The van der Waals surface area contributed by atoms with Gasteiger partial charge < -0.3 is 10.1 Å². The molecule has 0 aromatic carbocycles. The van der Waals surface area contributed by atoms with Crippen LogP contribution in [-0.4, -0.2) is 32.1 Å². The Labute approximate surface area is 174 Å². The molecule has 6 nitrogen and oxygen atoms in total. The first-order valence-corrected chi connectivity index (χ1v) is 10.6. The van der Waals surface area contributed by atoms with Gasteiger partial charge in [0.25, 0.3) is 0 Å². The topological polar surface area (TPSA) is 68.5 Å². The molecule has 1 amide bonds. The lowest BCUT2D eigenvalue weighted by Gasteiger charge is -2.29. The number of amides is 1. The number of imidazole rings is 1. The molecule has 1 fully saturated rings. The van der Waals surface area contributed by atoms with Crippen molar-refractivity contribution in [2.24, 2.45) is 0 Å². The Morgan fingerprint density at radius 1 is 1.32 bits per heavy atom. The molecule has 7 heteroatoms. The summed E-state index contributed by atoms with van der Waals surface area (Å²) in [6.07, 6.45) is 9.52. The Morgan fingerprint density at radius 3 is 2.61 bits per heavy atom. The van der Waals surface area contributed by atoms with E-state index in [2.05, 4.69) is 36.8 Å². The molecule has 1 aliphatic rings. The van der Waals surface area contributed by atoms with E-state index >= 15 is 0 Å². The van der Waals surface area contributed by atoms with Crippen LogP contribution in [0.2, 0.25) is 0 Å². The van der Waals surface area contributed by atoms with Gasteiger partial charge in [-0.1, -0.05) is 6.08 Å². The summed E-state index contributed by atoms with van der Waals surface area (Å²) in [4.78, 5) is 21.3. The maximum absolute atomic E-state index is 12.0. The molecule has 2 aromatic rings. The van der Waals surface area contributed by atoms with Crippen LogP contribution in [0, 0.1) is 6.92 Å². The first-order chi connectivity index (χ1) is 13.2. The Morgan fingerprint density at radius 2 is 2.00 bits per heavy atom. The lowest BCUT2D eigenvalue weighted by atomic mass is 9.84. The molecular weight excluding hydrogens is 420 g/mol. The van der Waals surface area contributed by atoms with E-state index in [1.807, 2.05) is 46.9 Å². The molecule has 0 unspecified atom stereocenters. The number of carbonyl (C=O) groups excluding carboxylic acids is 1. The molecule has 2 heterocycles. The molecule has 0 atom stereocenters. The first-order valence-electron chi connectivity index (χ1n) is 9.84. The van der Waals surface area contributed by atoms with Crippen LogP contribution in [-0.2, 0) is 4.74 Å². The van der Waals surface area contributed by atoms with Gasteiger partial charge in [-0.15, -0.1) is 0 Å². The monoisotopic (exact) mass is 448 g/mol. The number of aryl methyl sites for hydroxylation is 1. The molecule has 3 rings (SSSR count). The van der Waals surface area contributed by atoms with Gasteiger partial charge in [0.2, 0.25) is 0 Å². The van der Waals surface area contributed by atoms with Crippen molar-refractivity contribution < 1.29 is 9.53 Å². The van der Waals surface area contributed by atoms with Crippen molar-refractivity contribution in [2.75, 3.05) is 0 Å². The number of nitrogens with one attached hydrogen (secondary N) is 1. The number of allylic oxidation sites excluding steroid dienone is 1. The van der Waals surface area contributed by atoms with E-state index in [4.69, 9.17) is 9.72 Å². The average Bonchev–Trinajstić information content (AvgIpc) is 3.04. The standard InChI is InChI=1S/C21H29BrN4O2/c1-6-16(22)19-13(2)23-11-18-25-17(12-26(18)19)14-7-9-15(10-8-14)24-20(27)28-21(3,4)5/h6,11-12,14-15H,7-10H2,1-5H3,(H,24,27)/b16-6+. The van der Waals surface area contributed by atoms with Gasteiger partial charge in [0.1, 0.15) is 5.60 Å². The molecule has 0 bridgehead atoms. The molecule has 0 spiro atoms. The molecule has 1 aliphatic carbocycles. The minimum atomic E-state index is -0.469. The number of halogens is 1. The third kappa shape index (κ3) is 4.74. The van der Waals surface area contributed by atoms with E-state index in [0.717, 1.165) is 52.9 Å². The van der Waals surface area contributed by atoms with Crippen LogP contribution >= 0.6 is 15.9 Å². The smallest absolute Gasteiger partial charge is 0.407 e. The molecule has 152 valence electrons. The molecule has 2 aromatic heterocycles. The van der Waals surface area contributed by atoms with E-state index in [9.17, 15) is 4.79 Å². The van der Waals surface area contributed by atoms with E-state index in [1.54, 1.807) is 0 Å². The van der Waals surface area contributed by atoms with Gasteiger partial charge in [-0.3, -0.25) is 9.38 Å². The zero-order valence-electron chi connectivity index (χ0n) is 17.3. The second-order valence-electron chi connectivity index (χ2n) is 8.42. The van der Waals surface area contributed by atoms with Crippen molar-refractivity contribution >= 4 is 32.2 Å². The van der Waals surface area contributed by atoms with E-state index in [1.165, 1.54) is 0 Å². The first kappa shape index (κ1) is 20.8. The second kappa shape index (κ2) is 8.23. The third-order valence-corrected chi connectivity index (χ3v) is 5.89. The van der Waals surface area contributed by atoms with Crippen LogP contribution in [0.3, 0.4) is 0 Å². The fourth-order valence-electron chi connectivity index (χ4n) is 3.70. The summed E-state index contributed by atoms with van der Waals surface area (Å²) >= 11 is 3.63. The Bertz CT molecular complexity index is 890. The van der Waals surface area contributed by atoms with Gasteiger partial charge >= 0.3 is 6.09 Å². The van der Waals surface area contributed by atoms with E-state index in [0.29, 0.717) is 5.92 Å². The molecule has 28 heavy (non-hydrogen) atoms. The van der Waals surface area contributed by atoms with E-state index < -0.39 is 5.60 Å². The Kier molecular flexibility index (Phi) is 6.12. The Balaban J connectivity index is 1.70. The SMILES string of the molecule is C/C=C(/Br)c1c(C)ncc2nc(C3CCC(NC(=O)OC(C)(C)C)CC3)cn12. The highest BCUT2D eigenvalue weighted by Crippen LogP contribution is 2.34. The molecule has 1 N–H and O–H groups in total. The van der Waals surface area contributed by atoms with Crippen LogP contribution in [0.5, 0.6) is 0 Å². The highest BCUT2D eigenvalue weighted by Gasteiger charge is 2.27. The fourth-order valence-corrected chi connectivity index (χ4v) is 4.18. The van der Waals surface area contributed by atoms with Crippen LogP contribution in [0.15, 0.2) is 18.5 Å². The number of rotatable bonds is 3. The number of hydrogen-bond donors (Lipinski definition) is 1. The van der Waals surface area contributed by atoms with Crippen molar-refractivity contribution in [1.82, 2.24) is 19.7 Å². The second-order valence-corrected chi connectivity index (χ2v) is 9.27. The maximum Gasteiger partial charge on any atom is 0.407 e. The lowest BCUT2D eigenvalue weighted by Crippen LogP contribution is -2.40. The summed E-state index contributed by atoms with van der Waals surface area (Å²) in [5.74, 6) is 0.397. The summed E-state index contributed by atoms with van der Waals surface area (Å²) in [5.41, 5.74) is 3.50. The zero-order chi connectivity index (χ0) is 20.5. The summed E-state index contributed by atoms with van der Waals surface area (Å²) in [7, 11) is 0.